The van der Waals surface area contributed by atoms with Crippen molar-refractivity contribution < 1.29 is 32.2 Å². The molecule has 0 radical (unpaired) electrons. The Morgan fingerprint density at radius 2 is 1.40 bits per heavy atom. The fourth-order valence-electron chi connectivity index (χ4n) is 5.62. The van der Waals surface area contributed by atoms with E-state index in [0.29, 0.717) is 32.2 Å². The van der Waals surface area contributed by atoms with E-state index in [2.05, 4.69) is 86.6 Å². The Labute approximate surface area is 254 Å². The predicted molar refractivity (Wildman–Crippen MR) is 168 cm³/mol. The van der Waals surface area contributed by atoms with Crippen molar-refractivity contribution in [2.45, 2.75) is 97.8 Å². The van der Waals surface area contributed by atoms with E-state index >= 15 is 0 Å². The molecule has 1 atom stereocenters. The highest BCUT2D eigenvalue weighted by atomic mass is 31.2. The summed E-state index contributed by atoms with van der Waals surface area (Å²) in [6.45, 7) is 25.6. The van der Waals surface area contributed by atoms with Gasteiger partial charge in [0, 0.05) is 16.7 Å². The molecule has 2 saturated heterocycles. The van der Waals surface area contributed by atoms with Crippen molar-refractivity contribution in [3.63, 3.8) is 0 Å². The van der Waals surface area contributed by atoms with Crippen LogP contribution in [0.25, 0.3) is 0 Å². The van der Waals surface area contributed by atoms with Crippen molar-refractivity contribution in [1.29, 1.82) is 0 Å². The Bertz CT molecular complexity index is 1370. The maximum absolute atomic E-state index is 13.9. The molecule has 0 aromatic heterocycles. The van der Waals surface area contributed by atoms with Crippen molar-refractivity contribution in [1.82, 2.24) is 0 Å². The van der Waals surface area contributed by atoms with Gasteiger partial charge in [-0.3, -0.25) is 4.79 Å². The average molecular weight is 617 g/mol. The zero-order chi connectivity index (χ0) is 30.9. The predicted octanol–water partition coefficient (Wildman–Crippen LogP) is 8.31. The van der Waals surface area contributed by atoms with Gasteiger partial charge >= 0.3 is 14.6 Å². The number of hydrogen-bond donors (Lipinski definition) is 0. The molecule has 42 heavy (non-hydrogen) atoms. The lowest BCUT2D eigenvalue weighted by atomic mass is 9.71. The SMILES string of the molecule is Cc1cc(C2(C)C(=O)Oc3c(C(C)(C)C)cc(C(C)(C)C)cc32)cc(C(C)(C)C)c1OP1OCC2(COPOC2)CO1. The van der Waals surface area contributed by atoms with Crippen molar-refractivity contribution in [2.75, 3.05) is 26.4 Å². The second kappa shape index (κ2) is 10.8. The van der Waals surface area contributed by atoms with E-state index in [1.54, 1.807) is 0 Å². The van der Waals surface area contributed by atoms with Crippen LogP contribution in [0.2, 0.25) is 0 Å². The smallest absolute Gasteiger partial charge is 0.397 e. The van der Waals surface area contributed by atoms with Gasteiger partial charge in [0.05, 0.1) is 31.8 Å². The third-order valence-corrected chi connectivity index (χ3v) is 10.1. The molecule has 3 aliphatic heterocycles. The highest BCUT2D eigenvalue weighted by Gasteiger charge is 2.50. The lowest BCUT2D eigenvalue weighted by Crippen LogP contribution is -2.44. The van der Waals surface area contributed by atoms with E-state index in [-0.39, 0.29) is 36.7 Å². The van der Waals surface area contributed by atoms with Crippen LogP contribution in [0.4, 0.5) is 0 Å². The Kier molecular flexibility index (Phi) is 8.17. The molecular formula is C33H46O7P2. The molecule has 230 valence electrons. The fraction of sp³-hybridized carbons (Fsp3) is 0.606. The summed E-state index contributed by atoms with van der Waals surface area (Å²) in [4.78, 5) is 13.9. The van der Waals surface area contributed by atoms with Crippen LogP contribution >= 0.6 is 17.6 Å². The average Bonchev–Trinajstić information content (AvgIpc) is 3.15. The summed E-state index contributed by atoms with van der Waals surface area (Å²) in [5, 5.41) is 0. The summed E-state index contributed by atoms with van der Waals surface area (Å²) in [7, 11) is -1.53. The van der Waals surface area contributed by atoms with Gasteiger partial charge in [-0.05, 0) is 46.8 Å². The Morgan fingerprint density at radius 1 is 0.810 bits per heavy atom. The normalized spacial score (nSPS) is 27.3. The minimum atomic E-state index is -1.60. The first-order valence-electron chi connectivity index (χ1n) is 14.7. The standard InChI is InChI=1S/C33H46O7P2/c1-20-12-22(32(11)25-14-21(29(2,3)4)13-24(31(8,9)10)27(25)39-28(32)34)15-23(30(5,6)7)26(20)40-42-37-18-33(19-38-42)16-35-41-36-17-33/h12-15,41H,16-19H2,1-11H3. The van der Waals surface area contributed by atoms with Crippen LogP contribution in [0.3, 0.4) is 0 Å². The Balaban J connectivity index is 1.56. The number of rotatable bonds is 3. The van der Waals surface area contributed by atoms with Gasteiger partial charge < -0.3 is 27.4 Å². The number of fused-ring (bicyclic) bond motifs is 1. The molecule has 3 heterocycles. The van der Waals surface area contributed by atoms with E-state index in [4.69, 9.17) is 27.4 Å². The van der Waals surface area contributed by atoms with Gasteiger partial charge in [-0.1, -0.05) is 86.6 Å². The minimum Gasteiger partial charge on any atom is -0.426 e. The number of carbonyl (C=O) groups is 1. The summed E-state index contributed by atoms with van der Waals surface area (Å²) in [6, 6.07) is 8.56. The van der Waals surface area contributed by atoms with Gasteiger partial charge in [0.2, 0.25) is 0 Å². The second-order valence-corrected chi connectivity index (χ2v) is 17.2. The molecule has 3 aliphatic rings. The van der Waals surface area contributed by atoms with Crippen LogP contribution in [0.15, 0.2) is 24.3 Å². The first-order valence-corrected chi connectivity index (χ1v) is 16.6. The van der Waals surface area contributed by atoms with Crippen LogP contribution in [-0.2, 0) is 44.5 Å². The van der Waals surface area contributed by atoms with Crippen molar-refractivity contribution in [3.05, 3.63) is 57.6 Å². The second-order valence-electron chi connectivity index (χ2n) is 15.4. The number of ether oxygens (including phenoxy) is 1. The van der Waals surface area contributed by atoms with Gasteiger partial charge in [0.1, 0.15) is 16.9 Å². The summed E-state index contributed by atoms with van der Waals surface area (Å²) < 4.78 is 35.9. The molecule has 9 heteroatoms. The van der Waals surface area contributed by atoms with E-state index in [9.17, 15) is 4.79 Å². The van der Waals surface area contributed by atoms with Gasteiger partial charge in [0.15, 0.2) is 9.03 Å². The number of benzene rings is 2. The topological polar surface area (TPSA) is 72.5 Å². The molecule has 0 amide bonds. The fourth-order valence-corrected chi connectivity index (χ4v) is 7.76. The van der Waals surface area contributed by atoms with Gasteiger partial charge in [-0.2, -0.15) is 0 Å². The third-order valence-electron chi connectivity index (χ3n) is 8.56. The minimum absolute atomic E-state index is 0.0689. The molecule has 0 bridgehead atoms. The quantitative estimate of drug-likeness (QED) is 0.195. The van der Waals surface area contributed by atoms with E-state index in [1.165, 1.54) is 5.56 Å². The highest BCUT2D eigenvalue weighted by molar-refractivity contribution is 7.42. The lowest BCUT2D eigenvalue weighted by Gasteiger charge is -2.40. The van der Waals surface area contributed by atoms with Crippen molar-refractivity contribution in [2.24, 2.45) is 5.41 Å². The number of esters is 1. The molecule has 1 spiro atoms. The molecule has 7 nitrogen and oxygen atoms in total. The summed E-state index contributed by atoms with van der Waals surface area (Å²) in [5.74, 6) is 1.17. The maximum atomic E-state index is 13.9. The molecule has 0 N–H and O–H groups in total. The van der Waals surface area contributed by atoms with E-state index in [0.717, 1.165) is 33.6 Å². The summed E-state index contributed by atoms with van der Waals surface area (Å²) >= 11 is 0. The van der Waals surface area contributed by atoms with Gasteiger partial charge in [-0.15, -0.1) is 0 Å². The van der Waals surface area contributed by atoms with E-state index in [1.807, 2.05) is 13.8 Å². The number of aryl methyl sites for hydroxylation is 1. The van der Waals surface area contributed by atoms with Crippen LogP contribution in [0, 0.1) is 12.3 Å². The molecule has 5 rings (SSSR count). The zero-order valence-electron chi connectivity index (χ0n) is 26.9. The first-order chi connectivity index (χ1) is 19.3. The van der Waals surface area contributed by atoms with Crippen molar-refractivity contribution in [3.8, 4) is 11.5 Å². The summed E-state index contributed by atoms with van der Waals surface area (Å²) in [6.07, 6.45) is 0. The maximum Gasteiger partial charge on any atom is 0.397 e. The number of carbonyl (C=O) groups excluding carboxylic acids is 1. The lowest BCUT2D eigenvalue weighted by molar-refractivity contribution is -0.136. The Morgan fingerprint density at radius 3 is 1.95 bits per heavy atom. The summed E-state index contributed by atoms with van der Waals surface area (Å²) in [5.41, 5.74) is 4.12. The molecule has 1 unspecified atom stereocenters. The van der Waals surface area contributed by atoms with Gasteiger partial charge in [0.25, 0.3) is 0 Å². The monoisotopic (exact) mass is 616 g/mol. The van der Waals surface area contributed by atoms with Crippen molar-refractivity contribution >= 4 is 23.6 Å². The molecule has 2 fully saturated rings. The van der Waals surface area contributed by atoms with Crippen LogP contribution < -0.4 is 9.26 Å². The molecule has 2 aromatic rings. The van der Waals surface area contributed by atoms with Crippen LogP contribution in [-0.4, -0.2) is 32.4 Å². The zero-order valence-corrected chi connectivity index (χ0v) is 28.8. The number of hydrogen-bond acceptors (Lipinski definition) is 7. The van der Waals surface area contributed by atoms with Crippen LogP contribution in [0.1, 0.15) is 103 Å². The largest absolute Gasteiger partial charge is 0.426 e. The highest BCUT2D eigenvalue weighted by Crippen LogP contribution is 2.54. The van der Waals surface area contributed by atoms with E-state index < -0.39 is 14.0 Å². The molecule has 2 aromatic carbocycles. The molecule has 0 aliphatic carbocycles. The Hall–Kier alpha value is -1.59. The van der Waals surface area contributed by atoms with Crippen LogP contribution in [0.5, 0.6) is 11.5 Å². The molecular weight excluding hydrogens is 570 g/mol. The third kappa shape index (κ3) is 5.78. The molecule has 0 saturated carbocycles. The van der Waals surface area contributed by atoms with Gasteiger partial charge in [-0.25, -0.2) is 0 Å². The first kappa shape index (κ1) is 31.8.